The van der Waals surface area contributed by atoms with Crippen molar-refractivity contribution in [1.29, 1.82) is 0 Å². The number of rotatable bonds is 3. The number of carbonyl (C=O) groups excluding carboxylic acids is 2. The molecule has 2 amide bonds. The van der Waals surface area contributed by atoms with Crippen molar-refractivity contribution < 1.29 is 14.3 Å². The van der Waals surface area contributed by atoms with Crippen LogP contribution in [-0.2, 0) is 4.74 Å². The van der Waals surface area contributed by atoms with E-state index in [1.54, 1.807) is 34.1 Å². The standard InChI is InChI=1S/C17H17BN2O3/c1-23-16(21)12-5-7-14(8-6-12)19-9-10-20(17(19)22)15-4-2-3-13(18)11-15/h2-8,11H,9-10,18H2,1H3. The lowest BCUT2D eigenvalue weighted by Gasteiger charge is -2.19. The molecule has 0 unspecified atom stereocenters. The fraction of sp³-hybridized carbons (Fsp3) is 0.176. The van der Waals surface area contributed by atoms with Crippen LogP contribution in [0.1, 0.15) is 10.4 Å². The van der Waals surface area contributed by atoms with Gasteiger partial charge in [0.1, 0.15) is 7.85 Å². The molecule has 0 bridgehead atoms. The quantitative estimate of drug-likeness (QED) is 0.632. The Labute approximate surface area is 135 Å². The van der Waals surface area contributed by atoms with Crippen LogP contribution in [0.2, 0.25) is 0 Å². The molecule has 2 aromatic rings. The van der Waals surface area contributed by atoms with Crippen molar-refractivity contribution in [3.8, 4) is 0 Å². The van der Waals surface area contributed by atoms with Gasteiger partial charge in [-0.1, -0.05) is 17.6 Å². The molecule has 0 radical (unpaired) electrons. The van der Waals surface area contributed by atoms with Crippen molar-refractivity contribution >= 4 is 36.7 Å². The first-order chi connectivity index (χ1) is 11.1. The van der Waals surface area contributed by atoms with Gasteiger partial charge >= 0.3 is 12.0 Å². The van der Waals surface area contributed by atoms with Gasteiger partial charge in [-0.2, -0.15) is 0 Å². The minimum absolute atomic E-state index is 0.0542. The number of hydrogen-bond acceptors (Lipinski definition) is 3. The van der Waals surface area contributed by atoms with Crippen LogP contribution >= 0.6 is 0 Å². The summed E-state index contributed by atoms with van der Waals surface area (Å²) in [5.74, 6) is -0.384. The van der Waals surface area contributed by atoms with Gasteiger partial charge in [0.05, 0.1) is 12.7 Å². The number of amides is 2. The maximum absolute atomic E-state index is 12.7. The molecule has 0 aromatic heterocycles. The summed E-state index contributed by atoms with van der Waals surface area (Å²) in [7, 11) is 3.35. The average molecular weight is 308 g/mol. The fourth-order valence-corrected chi connectivity index (χ4v) is 2.71. The van der Waals surface area contributed by atoms with E-state index in [0.717, 1.165) is 16.8 Å². The summed E-state index contributed by atoms with van der Waals surface area (Å²) in [5, 5.41) is 0. The number of hydrogen-bond donors (Lipinski definition) is 0. The Kier molecular flexibility index (Phi) is 4.06. The number of urea groups is 1. The topological polar surface area (TPSA) is 49.9 Å². The zero-order valence-electron chi connectivity index (χ0n) is 13.2. The van der Waals surface area contributed by atoms with Crippen molar-refractivity contribution in [3.63, 3.8) is 0 Å². The number of carbonyl (C=O) groups is 2. The van der Waals surface area contributed by atoms with Gasteiger partial charge in [-0.25, -0.2) is 9.59 Å². The molecule has 1 fully saturated rings. The third-order valence-electron chi connectivity index (χ3n) is 3.92. The average Bonchev–Trinajstić information content (AvgIpc) is 2.96. The highest BCUT2D eigenvalue weighted by atomic mass is 16.5. The molecular weight excluding hydrogens is 291 g/mol. The molecule has 1 aliphatic heterocycles. The molecule has 0 aliphatic carbocycles. The molecule has 116 valence electrons. The van der Waals surface area contributed by atoms with E-state index in [1.165, 1.54) is 7.11 Å². The first-order valence-electron chi connectivity index (χ1n) is 7.44. The third kappa shape index (κ3) is 2.92. The predicted molar refractivity (Wildman–Crippen MR) is 92.5 cm³/mol. The minimum Gasteiger partial charge on any atom is -0.465 e. The molecule has 1 aliphatic rings. The lowest BCUT2D eigenvalue weighted by Crippen LogP contribution is -2.32. The van der Waals surface area contributed by atoms with Crippen LogP contribution in [0.25, 0.3) is 0 Å². The number of methoxy groups -OCH3 is 1. The lowest BCUT2D eigenvalue weighted by molar-refractivity contribution is 0.0601. The Morgan fingerprint density at radius 3 is 2.30 bits per heavy atom. The van der Waals surface area contributed by atoms with Gasteiger partial charge in [-0.3, -0.25) is 9.80 Å². The zero-order valence-corrected chi connectivity index (χ0v) is 13.2. The van der Waals surface area contributed by atoms with Crippen LogP contribution in [-0.4, -0.2) is 40.0 Å². The van der Waals surface area contributed by atoms with Gasteiger partial charge in [0.15, 0.2) is 0 Å². The van der Waals surface area contributed by atoms with E-state index < -0.39 is 0 Å². The molecule has 0 spiro atoms. The van der Waals surface area contributed by atoms with Crippen molar-refractivity contribution in [3.05, 3.63) is 54.1 Å². The van der Waals surface area contributed by atoms with E-state index in [9.17, 15) is 9.59 Å². The van der Waals surface area contributed by atoms with Crippen molar-refractivity contribution in [2.24, 2.45) is 0 Å². The van der Waals surface area contributed by atoms with Gasteiger partial charge in [0.2, 0.25) is 0 Å². The number of benzene rings is 2. The van der Waals surface area contributed by atoms with Gasteiger partial charge in [0.25, 0.3) is 0 Å². The summed E-state index contributed by atoms with van der Waals surface area (Å²) in [4.78, 5) is 27.6. The van der Waals surface area contributed by atoms with Crippen molar-refractivity contribution in [1.82, 2.24) is 0 Å². The highest BCUT2D eigenvalue weighted by molar-refractivity contribution is 6.32. The molecule has 0 atom stereocenters. The number of anilines is 2. The van der Waals surface area contributed by atoms with Crippen molar-refractivity contribution in [2.75, 3.05) is 30.0 Å². The summed E-state index contributed by atoms with van der Waals surface area (Å²) >= 11 is 0. The molecule has 1 heterocycles. The summed E-state index contributed by atoms with van der Waals surface area (Å²) in [5.41, 5.74) is 3.27. The third-order valence-corrected chi connectivity index (χ3v) is 3.92. The maximum atomic E-state index is 12.7. The highest BCUT2D eigenvalue weighted by Crippen LogP contribution is 2.25. The normalized spacial score (nSPS) is 14.2. The summed E-state index contributed by atoms with van der Waals surface area (Å²) in [6, 6.07) is 14.7. The predicted octanol–water partition coefficient (Wildman–Crippen LogP) is 1.18. The fourth-order valence-electron chi connectivity index (χ4n) is 2.71. The van der Waals surface area contributed by atoms with Crippen LogP contribution < -0.4 is 15.3 Å². The lowest BCUT2D eigenvalue weighted by atomic mass is 9.96. The first kappa shape index (κ1) is 15.2. The number of nitrogens with zero attached hydrogens (tertiary/aromatic N) is 2. The van der Waals surface area contributed by atoms with E-state index in [0.29, 0.717) is 18.7 Å². The van der Waals surface area contributed by atoms with Crippen LogP contribution in [0.5, 0.6) is 0 Å². The molecule has 1 saturated heterocycles. The molecule has 23 heavy (non-hydrogen) atoms. The first-order valence-corrected chi connectivity index (χ1v) is 7.44. The van der Waals surface area contributed by atoms with E-state index >= 15 is 0 Å². The Hall–Kier alpha value is -2.76. The largest absolute Gasteiger partial charge is 0.465 e. The highest BCUT2D eigenvalue weighted by Gasteiger charge is 2.30. The van der Waals surface area contributed by atoms with Crippen LogP contribution in [0.4, 0.5) is 16.2 Å². The van der Waals surface area contributed by atoms with Crippen molar-refractivity contribution in [2.45, 2.75) is 0 Å². The SMILES string of the molecule is Bc1cccc(N2CCN(c3ccc(C(=O)OC)cc3)C2=O)c1. The minimum atomic E-state index is -0.384. The Morgan fingerprint density at radius 2 is 1.70 bits per heavy atom. The molecule has 3 rings (SSSR count). The molecule has 2 aromatic carbocycles. The monoisotopic (exact) mass is 308 g/mol. The Balaban J connectivity index is 1.80. The molecule has 0 saturated carbocycles. The van der Waals surface area contributed by atoms with Gasteiger partial charge in [0, 0.05) is 24.5 Å². The second-order valence-corrected chi connectivity index (χ2v) is 5.46. The number of ether oxygens (including phenoxy) is 1. The summed E-state index contributed by atoms with van der Waals surface area (Å²) < 4.78 is 4.68. The van der Waals surface area contributed by atoms with Gasteiger partial charge in [-0.15, -0.1) is 0 Å². The molecular formula is C17H17BN2O3. The summed E-state index contributed by atoms with van der Waals surface area (Å²) in [6.07, 6.45) is 0. The maximum Gasteiger partial charge on any atom is 0.337 e. The van der Waals surface area contributed by atoms with Crippen LogP contribution in [0.15, 0.2) is 48.5 Å². The van der Waals surface area contributed by atoms with E-state index in [4.69, 9.17) is 0 Å². The second kappa shape index (κ2) is 6.16. The molecule has 0 N–H and O–H groups in total. The van der Waals surface area contributed by atoms with E-state index in [2.05, 4.69) is 4.74 Å². The smallest absolute Gasteiger partial charge is 0.337 e. The Bertz CT molecular complexity index is 746. The zero-order chi connectivity index (χ0) is 16.4. The molecule has 6 heteroatoms. The van der Waals surface area contributed by atoms with Crippen LogP contribution in [0.3, 0.4) is 0 Å². The van der Waals surface area contributed by atoms with Crippen LogP contribution in [0, 0.1) is 0 Å². The summed E-state index contributed by atoms with van der Waals surface area (Å²) in [6.45, 7) is 1.26. The number of esters is 1. The van der Waals surface area contributed by atoms with Gasteiger partial charge < -0.3 is 4.74 Å². The van der Waals surface area contributed by atoms with Gasteiger partial charge in [-0.05, 0) is 36.4 Å². The molecule has 5 nitrogen and oxygen atoms in total. The van der Waals surface area contributed by atoms with E-state index in [1.807, 2.05) is 32.1 Å². The second-order valence-electron chi connectivity index (χ2n) is 5.46. The van der Waals surface area contributed by atoms with E-state index in [-0.39, 0.29) is 12.0 Å². The Morgan fingerprint density at radius 1 is 1.04 bits per heavy atom.